The van der Waals surface area contributed by atoms with Crippen molar-refractivity contribution in [3.8, 4) is 5.75 Å². The summed E-state index contributed by atoms with van der Waals surface area (Å²) in [6, 6.07) is 5.96. The molecule has 0 heterocycles. The number of hydrogen-bond acceptors (Lipinski definition) is 4. The summed E-state index contributed by atoms with van der Waals surface area (Å²) in [7, 11) is 0. The maximum atomic E-state index is 10.6. The number of carbonyl (C=O) groups is 1. The van der Waals surface area contributed by atoms with Gasteiger partial charge in [0.1, 0.15) is 0 Å². The number of carboxylic acid groups (broad SMARTS) is 1. The molecule has 5 heteroatoms. The summed E-state index contributed by atoms with van der Waals surface area (Å²) in [5, 5.41) is 12.4. The number of hydrogen-bond donors (Lipinski definition) is 1. The van der Waals surface area contributed by atoms with Gasteiger partial charge in [-0.2, -0.15) is 0 Å². The van der Waals surface area contributed by atoms with E-state index in [0.717, 1.165) is 0 Å². The van der Waals surface area contributed by atoms with Crippen LogP contribution < -0.4 is 4.84 Å². The second-order valence-corrected chi connectivity index (χ2v) is 2.96. The number of aromatic carboxylic acids is 1. The van der Waals surface area contributed by atoms with Crippen molar-refractivity contribution in [1.29, 1.82) is 0 Å². The van der Waals surface area contributed by atoms with Crippen LogP contribution in [0.3, 0.4) is 0 Å². The Balaban J connectivity index is 2.62. The van der Waals surface area contributed by atoms with Crippen molar-refractivity contribution in [3.05, 3.63) is 29.8 Å². The first-order valence-corrected chi connectivity index (χ1v) is 4.81. The van der Waals surface area contributed by atoms with E-state index >= 15 is 0 Å². The fraction of sp³-hybridized carbons (Fsp3) is 0.273. The van der Waals surface area contributed by atoms with Gasteiger partial charge in [-0.3, -0.25) is 0 Å². The first kappa shape index (κ1) is 12.0. The van der Waals surface area contributed by atoms with Gasteiger partial charge in [0.05, 0.1) is 12.2 Å². The van der Waals surface area contributed by atoms with Crippen LogP contribution in [0.4, 0.5) is 0 Å². The molecule has 0 aromatic heterocycles. The summed E-state index contributed by atoms with van der Waals surface area (Å²) in [4.78, 5) is 15.6. The number of carboxylic acids is 1. The largest absolute Gasteiger partial charge is 0.479 e. The van der Waals surface area contributed by atoms with Gasteiger partial charge in [-0.25, -0.2) is 4.79 Å². The Morgan fingerprint density at radius 3 is 2.50 bits per heavy atom. The molecule has 0 spiro atoms. The Hall–Kier alpha value is -2.04. The molecule has 86 valence electrons. The third kappa shape index (κ3) is 3.61. The van der Waals surface area contributed by atoms with Gasteiger partial charge >= 0.3 is 5.97 Å². The predicted octanol–water partition coefficient (Wildman–Crippen LogP) is 2.13. The number of oxime groups is 1. The maximum absolute atomic E-state index is 10.6. The minimum absolute atomic E-state index is 0.206. The molecule has 1 aromatic carbocycles. The Kier molecular flexibility index (Phi) is 4.32. The van der Waals surface area contributed by atoms with E-state index in [1.54, 1.807) is 6.92 Å². The molecule has 0 radical (unpaired) electrons. The van der Waals surface area contributed by atoms with Crippen molar-refractivity contribution in [3.63, 3.8) is 0 Å². The van der Waals surface area contributed by atoms with Gasteiger partial charge in [-0.1, -0.05) is 0 Å². The van der Waals surface area contributed by atoms with Gasteiger partial charge in [0, 0.05) is 6.92 Å². The quantitative estimate of drug-likeness (QED) is 0.482. The Morgan fingerprint density at radius 2 is 2.00 bits per heavy atom. The highest BCUT2D eigenvalue weighted by Gasteiger charge is 2.02. The van der Waals surface area contributed by atoms with E-state index in [1.165, 1.54) is 24.3 Å². The SMILES string of the molecule is CCO/C(C)=N/Oc1ccc(C(=O)O)cc1. The standard InChI is InChI=1S/C11H13NO4/c1-3-15-8(2)12-16-10-6-4-9(5-7-10)11(13)14/h4-7H,3H2,1-2H3,(H,13,14)/b12-8+. The lowest BCUT2D eigenvalue weighted by Gasteiger charge is -2.02. The third-order valence-corrected chi connectivity index (χ3v) is 1.73. The minimum atomic E-state index is -0.972. The highest BCUT2D eigenvalue weighted by molar-refractivity contribution is 5.87. The normalized spacial score (nSPS) is 11.0. The number of nitrogens with zero attached hydrogens (tertiary/aromatic N) is 1. The van der Waals surface area contributed by atoms with E-state index in [2.05, 4.69) is 5.16 Å². The van der Waals surface area contributed by atoms with E-state index in [4.69, 9.17) is 14.7 Å². The molecular formula is C11H13NO4. The molecule has 0 saturated carbocycles. The second kappa shape index (κ2) is 5.75. The van der Waals surface area contributed by atoms with Gasteiger partial charge < -0.3 is 14.7 Å². The molecule has 1 N–H and O–H groups in total. The highest BCUT2D eigenvalue weighted by Crippen LogP contribution is 2.12. The zero-order valence-electron chi connectivity index (χ0n) is 9.14. The molecule has 0 fully saturated rings. The molecule has 0 atom stereocenters. The molecule has 0 amide bonds. The molecule has 0 saturated heterocycles. The van der Waals surface area contributed by atoms with Crippen LogP contribution in [0.1, 0.15) is 24.2 Å². The summed E-state index contributed by atoms with van der Waals surface area (Å²) in [5.74, 6) is -0.0885. The fourth-order valence-corrected chi connectivity index (χ4v) is 1.01. The maximum Gasteiger partial charge on any atom is 0.335 e. The zero-order chi connectivity index (χ0) is 12.0. The summed E-state index contributed by atoms with van der Waals surface area (Å²) in [6.45, 7) is 4.05. The second-order valence-electron chi connectivity index (χ2n) is 2.96. The molecule has 16 heavy (non-hydrogen) atoms. The van der Waals surface area contributed by atoms with Crippen LogP contribution in [0.5, 0.6) is 5.75 Å². The Bertz CT molecular complexity index is 383. The minimum Gasteiger partial charge on any atom is -0.479 e. The van der Waals surface area contributed by atoms with Crippen LogP contribution in [0.25, 0.3) is 0 Å². The van der Waals surface area contributed by atoms with Crippen LogP contribution in [-0.4, -0.2) is 23.6 Å². The van der Waals surface area contributed by atoms with Crippen molar-refractivity contribution in [2.45, 2.75) is 13.8 Å². The molecule has 0 unspecified atom stereocenters. The van der Waals surface area contributed by atoms with Crippen molar-refractivity contribution < 1.29 is 19.5 Å². The van der Waals surface area contributed by atoms with Gasteiger partial charge in [-0.15, -0.1) is 0 Å². The third-order valence-electron chi connectivity index (χ3n) is 1.73. The lowest BCUT2D eigenvalue weighted by molar-refractivity contribution is 0.0697. The van der Waals surface area contributed by atoms with Crippen molar-refractivity contribution in [1.82, 2.24) is 0 Å². The van der Waals surface area contributed by atoms with Gasteiger partial charge in [0.15, 0.2) is 5.75 Å². The van der Waals surface area contributed by atoms with Gasteiger partial charge in [0.2, 0.25) is 5.90 Å². The number of ether oxygens (including phenoxy) is 1. The molecule has 1 aromatic rings. The average molecular weight is 223 g/mol. The monoisotopic (exact) mass is 223 g/mol. The van der Waals surface area contributed by atoms with Crippen LogP contribution in [0, 0.1) is 0 Å². The van der Waals surface area contributed by atoms with Crippen molar-refractivity contribution in [2.24, 2.45) is 5.16 Å². The fourth-order valence-electron chi connectivity index (χ4n) is 1.01. The van der Waals surface area contributed by atoms with E-state index in [0.29, 0.717) is 18.3 Å². The zero-order valence-corrected chi connectivity index (χ0v) is 9.14. The average Bonchev–Trinajstić information content (AvgIpc) is 2.27. The molecule has 0 aliphatic rings. The Labute approximate surface area is 93.3 Å². The highest BCUT2D eigenvalue weighted by atomic mass is 16.6. The summed E-state index contributed by atoms with van der Waals surface area (Å²) < 4.78 is 5.06. The molecule has 0 aliphatic heterocycles. The van der Waals surface area contributed by atoms with Crippen LogP contribution >= 0.6 is 0 Å². The van der Waals surface area contributed by atoms with Crippen LogP contribution in [-0.2, 0) is 4.74 Å². The van der Waals surface area contributed by atoms with Crippen molar-refractivity contribution >= 4 is 11.9 Å². The van der Waals surface area contributed by atoms with E-state index in [9.17, 15) is 4.79 Å². The van der Waals surface area contributed by atoms with Crippen LogP contribution in [0.15, 0.2) is 29.4 Å². The van der Waals surface area contributed by atoms with Gasteiger partial charge in [0.25, 0.3) is 0 Å². The summed E-state index contributed by atoms with van der Waals surface area (Å²) in [5.41, 5.74) is 0.206. The first-order valence-electron chi connectivity index (χ1n) is 4.81. The molecule has 5 nitrogen and oxygen atoms in total. The van der Waals surface area contributed by atoms with Crippen LogP contribution in [0.2, 0.25) is 0 Å². The van der Waals surface area contributed by atoms with Gasteiger partial charge in [-0.05, 0) is 36.3 Å². The number of benzene rings is 1. The molecular weight excluding hydrogens is 210 g/mol. The topological polar surface area (TPSA) is 68.1 Å². The molecule has 0 bridgehead atoms. The van der Waals surface area contributed by atoms with E-state index in [-0.39, 0.29) is 5.56 Å². The number of rotatable bonds is 4. The molecule has 0 aliphatic carbocycles. The first-order chi connectivity index (χ1) is 7.63. The van der Waals surface area contributed by atoms with E-state index < -0.39 is 5.97 Å². The predicted molar refractivity (Wildman–Crippen MR) is 58.8 cm³/mol. The van der Waals surface area contributed by atoms with E-state index in [1.807, 2.05) is 6.92 Å². The lowest BCUT2D eigenvalue weighted by Crippen LogP contribution is -2.01. The summed E-state index contributed by atoms with van der Waals surface area (Å²) >= 11 is 0. The Morgan fingerprint density at radius 1 is 1.38 bits per heavy atom. The lowest BCUT2D eigenvalue weighted by atomic mass is 10.2. The molecule has 1 rings (SSSR count). The summed E-state index contributed by atoms with van der Waals surface area (Å²) in [6.07, 6.45) is 0. The smallest absolute Gasteiger partial charge is 0.335 e. The van der Waals surface area contributed by atoms with Crippen molar-refractivity contribution in [2.75, 3.05) is 6.61 Å².